The van der Waals surface area contributed by atoms with Gasteiger partial charge < -0.3 is 294 Å². The molecule has 0 aromatic rings. The summed E-state index contributed by atoms with van der Waals surface area (Å²) >= 11 is 0. The molecule has 0 spiro atoms. The smallest absolute Gasteiger partial charge is 0.217 e. The van der Waals surface area contributed by atoms with Crippen LogP contribution in [-0.4, -0.2) is 628 Å². The molecule has 37 N–H and O–H groups in total. The first-order valence-electron chi connectivity index (χ1n) is 47.8. The first-order chi connectivity index (χ1) is 70.4. The SMILES string of the molecule is CC(=O)N[C@H]1[C@H](O[C@H]2[C@@H](O)[C@@H](CO)O[C@@H](O[C@@H]([C@@H](O)[C@H](O)CO[C@@H]3O[C@H](CO)[C@@H](O[C@@H]4O[C@H](CO)[C@H](O)[C@H](O)[C@H]4O[C@@H]4O[C@@H](C)[C@@H](O)[C@@H](O)[C@@H]4O)[C@H](O)[C@H]3NC(C)=O)[C@H](CO)NC(C)=O)[C@@H]2O)O[C@H](CO)[C@@H](O[C@@H]2O[C@H](CO[C@@H]3O[C@H](CO)[C@@H](O)[C@H](O)[C@H]3NC(C)=O)[C@H](O)[C@H](O[C@@H]3O[C@H](CO)[C@@H](O[C@@H]4O[C@H](CO)[C@H](O)[C@H](O[C@H]5O[C@H](CO)[C@H](O)[C@H](O)[C@H]5NC(C)=O)[C@H]4O[C@@H]4O[C@@H](C)[C@@H](O)[C@@H](O)[C@@H]4O)[C@H](O)[C@H]3NC(C)=O)[C@H]2O)[C@@H]1O. The Bertz CT molecular complexity index is 4170. The standard InChI is InChI=1S/C84H142N6O59/c1-20-44(107)58(121)61(124)79(130-20)148-72-60(123)49(112)32(12-94)135-83(72)143-67-35(15-97)137-75(41(55(67)118)88-25(6)103)128-18-29(106)46(109)65(28(9-91)85-22(3)100)141-81-63(126)69(50(113)33(13-95)134-81)145-77-42(89-26(7)104)56(119)66(36(16-98)138-77)142-82-64(127)70(52(115)38(140-82)19-129-74-39(86-23(4)101)53(116)47(110)30(10-92)132-74)146-78-43(90-27(8)105)57(120)68(37(17-99)139-78)144-84-73(149-80-62(125)59(122)45(108)21(2)131-80)71(51(114)34(14-96)136-84)147-76-40(87-24(5)102)54(117)48(111)31(11-93)133-76/h20-21,28-84,91-99,106-127H,9-19H2,1-8H3,(H,85,100)(H,86,101)(H,87,102)(H,88,103)(H,89,104)(H,90,105)/t20-,21-,28-,29+,30+,31+,32+,33+,34+,35+,36+,37+,38+,39+,40+,41+,42+,43+,44+,45+,46-,47+,48-,49-,50-,51-,52-,53+,54+,55+,56+,57+,58+,59+,60-,61-,62-,63+,64+,65+,66+,67+,68+,69-,70-,71-,72+,73+,74+,75+,76+,77-,78-,79-,80-,81-,82-,83-,84-/m0/s1. The van der Waals surface area contributed by atoms with Crippen molar-refractivity contribution in [2.75, 3.05) is 72.7 Å². The summed E-state index contributed by atoms with van der Waals surface area (Å²) < 4.78 is 132. The van der Waals surface area contributed by atoms with Gasteiger partial charge in [0.05, 0.1) is 90.9 Å². The first-order valence-corrected chi connectivity index (χ1v) is 47.8. The number of aliphatic hydroxyl groups excluding tert-OH is 31. The highest BCUT2D eigenvalue weighted by Crippen LogP contribution is 2.43. The Labute approximate surface area is 845 Å². The van der Waals surface area contributed by atoms with Crippen LogP contribution in [0.1, 0.15) is 55.4 Å². The summed E-state index contributed by atoms with van der Waals surface area (Å²) in [5.41, 5.74) is 0. The molecule has 11 fully saturated rings. The third-order valence-corrected chi connectivity index (χ3v) is 27.1. The highest BCUT2D eigenvalue weighted by Gasteiger charge is 2.64. The van der Waals surface area contributed by atoms with Gasteiger partial charge in [-0.15, -0.1) is 0 Å². The number of hydrogen-bond acceptors (Lipinski definition) is 59. The van der Waals surface area contributed by atoms with Gasteiger partial charge in [0.15, 0.2) is 69.2 Å². The molecule has 11 heterocycles. The van der Waals surface area contributed by atoms with Crippen molar-refractivity contribution in [2.45, 2.75) is 417 Å². The summed E-state index contributed by atoms with van der Waals surface area (Å²) in [4.78, 5) is 77.9. The fraction of sp³-hybridized carbons (Fsp3) is 0.929. The average Bonchev–Trinajstić information content (AvgIpc) is 0.755. The number of carbonyl (C=O) groups is 6. The number of carbonyl (C=O) groups excluding carboxylic acids is 6. The fourth-order valence-electron chi connectivity index (χ4n) is 19.1. The number of rotatable bonds is 42. The van der Waals surface area contributed by atoms with Gasteiger partial charge in [-0.2, -0.15) is 0 Å². The van der Waals surface area contributed by atoms with Gasteiger partial charge in [0.1, 0.15) is 274 Å². The molecule has 11 aliphatic heterocycles. The largest absolute Gasteiger partial charge is 0.394 e. The summed E-state index contributed by atoms with van der Waals surface area (Å²) in [5, 5.41) is 365. The Morgan fingerprint density at radius 1 is 0.248 bits per heavy atom. The van der Waals surface area contributed by atoms with Gasteiger partial charge in [-0.1, -0.05) is 0 Å². The van der Waals surface area contributed by atoms with Gasteiger partial charge in [0, 0.05) is 41.5 Å². The zero-order valence-electron chi connectivity index (χ0n) is 81.1. The maximum absolute atomic E-state index is 13.5. The van der Waals surface area contributed by atoms with Crippen LogP contribution in [0, 0.1) is 0 Å². The van der Waals surface area contributed by atoms with Crippen LogP contribution in [-0.2, 0) is 133 Å². The van der Waals surface area contributed by atoms with Gasteiger partial charge >= 0.3 is 0 Å². The van der Waals surface area contributed by atoms with E-state index in [0.717, 1.165) is 41.5 Å². The van der Waals surface area contributed by atoms with Crippen molar-refractivity contribution in [3.05, 3.63) is 0 Å². The average molecular weight is 2180 g/mol. The van der Waals surface area contributed by atoms with E-state index in [1.807, 2.05) is 0 Å². The van der Waals surface area contributed by atoms with Crippen molar-refractivity contribution in [3.63, 3.8) is 0 Å². The third kappa shape index (κ3) is 28.5. The summed E-state index contributed by atoms with van der Waals surface area (Å²) in [6, 6.07) is -11.6. The molecule has 11 aliphatic rings. The van der Waals surface area contributed by atoms with Crippen LogP contribution in [0.25, 0.3) is 0 Å². The van der Waals surface area contributed by atoms with Gasteiger partial charge in [-0.25, -0.2) is 0 Å². The van der Waals surface area contributed by atoms with Crippen molar-refractivity contribution in [3.8, 4) is 0 Å². The number of hydrogen-bond donors (Lipinski definition) is 37. The molecule has 0 bridgehead atoms. The minimum atomic E-state index is -2.61. The molecular formula is C84H142N6O59. The molecule has 11 rings (SSSR count). The molecule has 0 aliphatic carbocycles. The van der Waals surface area contributed by atoms with E-state index in [4.69, 9.17) is 104 Å². The van der Waals surface area contributed by atoms with Crippen LogP contribution in [0.3, 0.4) is 0 Å². The highest BCUT2D eigenvalue weighted by atomic mass is 16.8. The molecule has 0 saturated carbocycles. The number of amides is 6. The van der Waals surface area contributed by atoms with E-state index >= 15 is 0 Å². The molecule has 0 radical (unpaired) electrons. The minimum Gasteiger partial charge on any atom is -0.394 e. The van der Waals surface area contributed by atoms with Crippen molar-refractivity contribution < 1.29 is 291 Å². The van der Waals surface area contributed by atoms with Crippen LogP contribution < -0.4 is 31.9 Å². The van der Waals surface area contributed by atoms with Crippen molar-refractivity contribution in [1.29, 1.82) is 0 Å². The lowest BCUT2D eigenvalue weighted by Gasteiger charge is -2.52. The van der Waals surface area contributed by atoms with E-state index in [-0.39, 0.29) is 0 Å². The Balaban J connectivity index is 0.853. The summed E-state index contributed by atoms with van der Waals surface area (Å²) in [7, 11) is 0. The number of aliphatic hydroxyl groups is 31. The lowest BCUT2D eigenvalue weighted by atomic mass is 9.93. The third-order valence-electron chi connectivity index (χ3n) is 27.1. The second kappa shape index (κ2) is 54.8. The minimum absolute atomic E-state index is 0.864. The number of nitrogens with one attached hydrogen (secondary N) is 6. The number of ether oxygens (including phenoxy) is 22. The molecule has 0 unspecified atom stereocenters. The summed E-state index contributed by atoms with van der Waals surface area (Å²) in [6.07, 6.45) is -112. The zero-order chi connectivity index (χ0) is 110. The lowest BCUT2D eigenvalue weighted by Crippen LogP contribution is -2.71. The van der Waals surface area contributed by atoms with E-state index in [9.17, 15) is 187 Å². The Kier molecular flexibility index (Phi) is 45.5. The molecule has 862 valence electrons. The molecule has 65 nitrogen and oxygen atoms in total. The molecule has 149 heavy (non-hydrogen) atoms. The van der Waals surface area contributed by atoms with Gasteiger partial charge in [-0.3, -0.25) is 28.8 Å². The molecule has 0 aromatic carbocycles. The van der Waals surface area contributed by atoms with Gasteiger partial charge in [0.25, 0.3) is 0 Å². The molecule has 6 amide bonds. The maximum atomic E-state index is 13.5. The van der Waals surface area contributed by atoms with E-state index in [1.165, 1.54) is 13.8 Å². The topological polar surface area (TPSA) is 1000 Å². The zero-order valence-corrected chi connectivity index (χ0v) is 81.1. The van der Waals surface area contributed by atoms with E-state index in [0.29, 0.717) is 0 Å². The molecule has 59 atom stereocenters. The quantitative estimate of drug-likeness (QED) is 0.0270. The van der Waals surface area contributed by atoms with E-state index < -0.39 is 470 Å². The van der Waals surface area contributed by atoms with E-state index in [2.05, 4.69) is 31.9 Å². The first kappa shape index (κ1) is 124. The van der Waals surface area contributed by atoms with Gasteiger partial charge in [0.2, 0.25) is 35.4 Å². The Morgan fingerprint density at radius 3 is 0.933 bits per heavy atom. The van der Waals surface area contributed by atoms with E-state index in [1.54, 1.807) is 0 Å². The van der Waals surface area contributed by atoms with Crippen molar-refractivity contribution in [2.24, 2.45) is 0 Å². The molecule has 65 heteroatoms. The Morgan fingerprint density at radius 2 is 0.530 bits per heavy atom. The predicted octanol–water partition coefficient (Wildman–Crippen LogP) is -24.6. The van der Waals surface area contributed by atoms with Crippen LogP contribution in [0.5, 0.6) is 0 Å². The lowest BCUT2D eigenvalue weighted by molar-refractivity contribution is -0.402. The van der Waals surface area contributed by atoms with Crippen LogP contribution in [0.15, 0.2) is 0 Å². The van der Waals surface area contributed by atoms with Crippen LogP contribution in [0.2, 0.25) is 0 Å². The Hall–Kier alpha value is -5.30. The van der Waals surface area contributed by atoms with Crippen LogP contribution >= 0.6 is 0 Å². The molecule has 11 saturated heterocycles. The molecule has 0 aromatic heterocycles. The second-order valence-electron chi connectivity index (χ2n) is 37.8. The second-order valence-corrected chi connectivity index (χ2v) is 37.8. The summed E-state index contributed by atoms with van der Waals surface area (Å²) in [6.45, 7) is -4.82. The molecular weight excluding hydrogens is 2040 g/mol. The maximum Gasteiger partial charge on any atom is 0.217 e. The predicted molar refractivity (Wildman–Crippen MR) is 464 cm³/mol. The summed E-state index contributed by atoms with van der Waals surface area (Å²) in [5.74, 6) is -5.79. The fourth-order valence-corrected chi connectivity index (χ4v) is 19.1. The van der Waals surface area contributed by atoms with Gasteiger partial charge in [-0.05, 0) is 13.8 Å². The normalized spacial score (nSPS) is 46.8. The van der Waals surface area contributed by atoms with Crippen molar-refractivity contribution >= 4 is 35.4 Å². The van der Waals surface area contributed by atoms with Crippen molar-refractivity contribution in [1.82, 2.24) is 31.9 Å². The highest BCUT2D eigenvalue weighted by molar-refractivity contribution is 5.75. The monoisotopic (exact) mass is 2180 g/mol. The van der Waals surface area contributed by atoms with Crippen LogP contribution in [0.4, 0.5) is 0 Å².